The van der Waals surface area contributed by atoms with Crippen molar-refractivity contribution in [2.24, 2.45) is 5.92 Å². The van der Waals surface area contributed by atoms with E-state index in [0.29, 0.717) is 30.9 Å². The van der Waals surface area contributed by atoms with Gasteiger partial charge in [-0.3, -0.25) is 19.7 Å². The molecule has 2 aliphatic heterocycles. The summed E-state index contributed by atoms with van der Waals surface area (Å²) in [5, 5.41) is 20.7. The fraction of sp³-hybridized carbons (Fsp3) is 0.450. The fourth-order valence-corrected chi connectivity index (χ4v) is 4.08. The smallest absolute Gasteiger partial charge is 0.255 e. The van der Waals surface area contributed by atoms with Gasteiger partial charge in [0.25, 0.3) is 5.91 Å². The molecule has 29 heavy (non-hydrogen) atoms. The van der Waals surface area contributed by atoms with Crippen LogP contribution in [0.15, 0.2) is 24.4 Å². The molecule has 2 N–H and O–H groups in total. The SMILES string of the molecule is O=C1CCC(N2Cc3cc(-n4cc(CC(O)C5CC5)nn4)ccc3C2=O)C(=O)N1. The number of piperidine rings is 1. The molecular weight excluding hydrogens is 374 g/mol. The molecule has 2 unspecified atom stereocenters. The van der Waals surface area contributed by atoms with Crippen molar-refractivity contribution in [2.45, 2.75) is 50.8 Å². The quantitative estimate of drug-likeness (QED) is 0.705. The topological polar surface area (TPSA) is 117 Å². The predicted octanol–water partition coefficient (Wildman–Crippen LogP) is 0.342. The van der Waals surface area contributed by atoms with Crippen LogP contribution in [0.3, 0.4) is 0 Å². The molecule has 3 amide bonds. The standard InChI is InChI=1S/C20H21N5O4/c26-17(11-1-2-11)8-13-10-25(23-22-13)14-3-4-15-12(7-14)9-24(20(15)29)16-5-6-18(27)21-19(16)28/h3-4,7,10-11,16-17,26H,1-2,5-6,8-9H2,(H,21,27,28). The first-order valence-electron chi connectivity index (χ1n) is 9.87. The maximum absolute atomic E-state index is 12.8. The number of hydrogen-bond donors (Lipinski definition) is 2. The predicted molar refractivity (Wildman–Crippen MR) is 99.8 cm³/mol. The van der Waals surface area contributed by atoms with Crippen LogP contribution < -0.4 is 5.32 Å². The molecule has 3 heterocycles. The van der Waals surface area contributed by atoms with Crippen LogP contribution in [-0.4, -0.2) is 54.9 Å². The second-order valence-corrected chi connectivity index (χ2v) is 8.00. The zero-order chi connectivity index (χ0) is 20.1. The van der Waals surface area contributed by atoms with Crippen molar-refractivity contribution in [3.8, 4) is 5.69 Å². The Bertz CT molecular complexity index is 1010. The fourth-order valence-electron chi connectivity index (χ4n) is 4.08. The summed E-state index contributed by atoms with van der Waals surface area (Å²) in [6, 6.07) is 4.77. The highest BCUT2D eigenvalue weighted by Crippen LogP contribution is 2.34. The average Bonchev–Trinajstić information content (AvgIpc) is 3.37. The maximum atomic E-state index is 12.8. The molecule has 9 heteroatoms. The van der Waals surface area contributed by atoms with E-state index in [-0.39, 0.29) is 24.3 Å². The molecule has 1 aromatic carbocycles. The van der Waals surface area contributed by atoms with Crippen LogP contribution in [0, 0.1) is 5.92 Å². The number of nitrogens with zero attached hydrogens (tertiary/aromatic N) is 4. The van der Waals surface area contributed by atoms with Crippen molar-refractivity contribution in [2.75, 3.05) is 0 Å². The van der Waals surface area contributed by atoms with Crippen LogP contribution in [0.1, 0.15) is 47.3 Å². The number of fused-ring (bicyclic) bond motifs is 1. The number of aliphatic hydroxyl groups excluding tert-OH is 1. The number of rotatable bonds is 5. The van der Waals surface area contributed by atoms with Gasteiger partial charge in [-0.1, -0.05) is 5.21 Å². The maximum Gasteiger partial charge on any atom is 0.255 e. The molecule has 0 bridgehead atoms. The Hall–Kier alpha value is -3.07. The van der Waals surface area contributed by atoms with Crippen LogP contribution in [-0.2, 0) is 22.6 Å². The van der Waals surface area contributed by atoms with Crippen molar-refractivity contribution in [3.05, 3.63) is 41.2 Å². The number of carbonyl (C=O) groups excluding carboxylic acids is 3. The van der Waals surface area contributed by atoms with E-state index in [1.807, 2.05) is 6.07 Å². The summed E-state index contributed by atoms with van der Waals surface area (Å²) >= 11 is 0. The van der Waals surface area contributed by atoms with Gasteiger partial charge in [0.1, 0.15) is 6.04 Å². The molecule has 1 aliphatic carbocycles. The van der Waals surface area contributed by atoms with Crippen LogP contribution in [0.25, 0.3) is 5.69 Å². The lowest BCUT2D eigenvalue weighted by atomic mass is 10.0. The van der Waals surface area contributed by atoms with E-state index in [1.165, 1.54) is 4.90 Å². The van der Waals surface area contributed by atoms with Crippen LogP contribution in [0.4, 0.5) is 0 Å². The average molecular weight is 395 g/mol. The second kappa shape index (κ2) is 6.77. The summed E-state index contributed by atoms with van der Waals surface area (Å²) in [6.45, 7) is 0.316. The van der Waals surface area contributed by atoms with Crippen molar-refractivity contribution >= 4 is 17.7 Å². The van der Waals surface area contributed by atoms with Gasteiger partial charge in [-0.25, -0.2) is 4.68 Å². The molecule has 1 aromatic heterocycles. The minimum Gasteiger partial charge on any atom is -0.392 e. The minimum atomic E-state index is -0.627. The largest absolute Gasteiger partial charge is 0.392 e. The minimum absolute atomic E-state index is 0.201. The molecule has 9 nitrogen and oxygen atoms in total. The first-order valence-corrected chi connectivity index (χ1v) is 9.87. The molecule has 2 aromatic rings. The van der Waals surface area contributed by atoms with Gasteiger partial charge in [0.2, 0.25) is 11.8 Å². The highest BCUT2D eigenvalue weighted by Gasteiger charge is 2.39. The zero-order valence-corrected chi connectivity index (χ0v) is 15.7. The Morgan fingerprint density at radius 2 is 2.03 bits per heavy atom. The lowest BCUT2D eigenvalue weighted by Gasteiger charge is -2.29. The van der Waals surface area contributed by atoms with E-state index in [0.717, 1.165) is 29.8 Å². The number of hydrogen-bond acceptors (Lipinski definition) is 6. The summed E-state index contributed by atoms with van der Waals surface area (Å²) in [4.78, 5) is 37.8. The molecule has 0 spiro atoms. The Labute approximate surface area is 166 Å². The van der Waals surface area contributed by atoms with E-state index >= 15 is 0 Å². The van der Waals surface area contributed by atoms with E-state index in [2.05, 4.69) is 15.6 Å². The van der Waals surface area contributed by atoms with Crippen LogP contribution in [0.2, 0.25) is 0 Å². The van der Waals surface area contributed by atoms with Crippen LogP contribution in [0.5, 0.6) is 0 Å². The number of amides is 3. The van der Waals surface area contributed by atoms with E-state index in [1.54, 1.807) is 23.0 Å². The Kier molecular flexibility index (Phi) is 4.20. The highest BCUT2D eigenvalue weighted by molar-refractivity contribution is 6.05. The number of aromatic nitrogens is 3. The summed E-state index contributed by atoms with van der Waals surface area (Å²) in [7, 11) is 0. The third-order valence-electron chi connectivity index (χ3n) is 5.90. The summed E-state index contributed by atoms with van der Waals surface area (Å²) < 4.78 is 1.63. The van der Waals surface area contributed by atoms with Gasteiger partial charge in [-0.15, -0.1) is 5.10 Å². The molecule has 1 saturated heterocycles. The normalized spacial score (nSPS) is 22.6. The van der Waals surface area contributed by atoms with Crippen molar-refractivity contribution < 1.29 is 19.5 Å². The zero-order valence-electron chi connectivity index (χ0n) is 15.7. The molecular formula is C20H21N5O4. The van der Waals surface area contributed by atoms with Gasteiger partial charge in [-0.05, 0) is 48.9 Å². The number of aliphatic hydroxyl groups is 1. The lowest BCUT2D eigenvalue weighted by Crippen LogP contribution is -2.52. The van der Waals surface area contributed by atoms with Gasteiger partial charge in [0, 0.05) is 24.9 Å². The van der Waals surface area contributed by atoms with Crippen LogP contribution >= 0.6 is 0 Å². The third-order valence-corrected chi connectivity index (χ3v) is 5.90. The monoisotopic (exact) mass is 395 g/mol. The molecule has 150 valence electrons. The Morgan fingerprint density at radius 3 is 2.79 bits per heavy atom. The summed E-state index contributed by atoms with van der Waals surface area (Å²) in [6.07, 6.45) is 4.61. The van der Waals surface area contributed by atoms with Gasteiger partial charge in [0.05, 0.1) is 23.7 Å². The number of nitrogens with one attached hydrogen (secondary N) is 1. The second-order valence-electron chi connectivity index (χ2n) is 8.00. The van der Waals surface area contributed by atoms with E-state index in [9.17, 15) is 19.5 Å². The van der Waals surface area contributed by atoms with Crippen molar-refractivity contribution in [1.82, 2.24) is 25.2 Å². The van der Waals surface area contributed by atoms with E-state index < -0.39 is 11.9 Å². The van der Waals surface area contributed by atoms with E-state index in [4.69, 9.17) is 0 Å². The molecule has 1 saturated carbocycles. The van der Waals surface area contributed by atoms with Gasteiger partial charge in [0.15, 0.2) is 0 Å². The van der Waals surface area contributed by atoms with Crippen molar-refractivity contribution in [3.63, 3.8) is 0 Å². The first kappa shape index (κ1) is 18.0. The third kappa shape index (κ3) is 3.31. The highest BCUT2D eigenvalue weighted by atomic mass is 16.3. The molecule has 0 radical (unpaired) electrons. The number of carbonyl (C=O) groups is 3. The Morgan fingerprint density at radius 1 is 1.21 bits per heavy atom. The number of benzene rings is 1. The lowest BCUT2D eigenvalue weighted by molar-refractivity contribution is -0.136. The van der Waals surface area contributed by atoms with Gasteiger partial charge in [-0.2, -0.15) is 0 Å². The summed E-state index contributed by atoms with van der Waals surface area (Å²) in [5.41, 5.74) is 2.86. The first-order chi connectivity index (χ1) is 14.0. The van der Waals surface area contributed by atoms with Gasteiger partial charge < -0.3 is 10.0 Å². The molecule has 2 atom stereocenters. The summed E-state index contributed by atoms with van der Waals surface area (Å²) in [5.74, 6) is -0.540. The molecule has 2 fully saturated rings. The number of imide groups is 1. The molecule has 3 aliphatic rings. The molecule has 5 rings (SSSR count). The van der Waals surface area contributed by atoms with Crippen molar-refractivity contribution in [1.29, 1.82) is 0 Å². The van der Waals surface area contributed by atoms with Gasteiger partial charge >= 0.3 is 0 Å². The Balaban J connectivity index is 1.34.